The lowest BCUT2D eigenvalue weighted by Gasteiger charge is -2.13. The van der Waals surface area contributed by atoms with E-state index in [1.54, 1.807) is 0 Å². The molecular formula is C14H19NO. The molecule has 2 saturated carbocycles. The van der Waals surface area contributed by atoms with Crippen LogP contribution in [0.2, 0.25) is 0 Å². The van der Waals surface area contributed by atoms with Crippen LogP contribution in [-0.2, 0) is 0 Å². The fourth-order valence-corrected chi connectivity index (χ4v) is 1.98. The normalized spacial score (nSPS) is 20.2. The summed E-state index contributed by atoms with van der Waals surface area (Å²) in [6.07, 6.45) is 7.52. The van der Waals surface area contributed by atoms with Gasteiger partial charge >= 0.3 is 0 Å². The number of aromatic nitrogens is 1. The summed E-state index contributed by atoms with van der Waals surface area (Å²) in [5.41, 5.74) is 2.70. The number of rotatable bonds is 4. The number of ether oxygens (including phenoxy) is 1. The fraction of sp³-hybridized carbons (Fsp3) is 0.643. The second kappa shape index (κ2) is 3.76. The fourth-order valence-electron chi connectivity index (χ4n) is 1.98. The van der Waals surface area contributed by atoms with Crippen LogP contribution in [0.25, 0.3) is 0 Å². The van der Waals surface area contributed by atoms with Crippen molar-refractivity contribution in [2.24, 2.45) is 0 Å². The monoisotopic (exact) mass is 217 g/mol. The van der Waals surface area contributed by atoms with Crippen molar-refractivity contribution in [2.45, 2.75) is 57.5 Å². The highest BCUT2D eigenvalue weighted by atomic mass is 16.5. The zero-order valence-electron chi connectivity index (χ0n) is 10.1. The smallest absolute Gasteiger partial charge is 0.217 e. The Hall–Kier alpha value is -1.05. The van der Waals surface area contributed by atoms with E-state index < -0.39 is 0 Å². The summed E-state index contributed by atoms with van der Waals surface area (Å²) in [6.45, 7) is 4.43. The van der Waals surface area contributed by atoms with Gasteiger partial charge in [-0.2, -0.15) is 0 Å². The molecule has 0 unspecified atom stereocenters. The summed E-state index contributed by atoms with van der Waals surface area (Å²) < 4.78 is 5.86. The van der Waals surface area contributed by atoms with Crippen molar-refractivity contribution >= 4 is 0 Å². The molecule has 2 heteroatoms. The van der Waals surface area contributed by atoms with Crippen molar-refractivity contribution < 1.29 is 4.74 Å². The average Bonchev–Trinajstić information content (AvgIpc) is 3.12. The van der Waals surface area contributed by atoms with E-state index >= 15 is 0 Å². The van der Waals surface area contributed by atoms with Crippen LogP contribution in [0.1, 0.15) is 62.5 Å². The Morgan fingerprint density at radius 1 is 1.25 bits per heavy atom. The van der Waals surface area contributed by atoms with E-state index in [0.717, 1.165) is 11.8 Å². The van der Waals surface area contributed by atoms with Gasteiger partial charge in [0.05, 0.1) is 0 Å². The molecule has 16 heavy (non-hydrogen) atoms. The molecule has 3 rings (SSSR count). The predicted molar refractivity (Wildman–Crippen MR) is 64.0 cm³/mol. The summed E-state index contributed by atoms with van der Waals surface area (Å²) in [6, 6.07) is 2.31. The first-order chi connectivity index (χ1) is 7.74. The first-order valence-electron chi connectivity index (χ1n) is 6.40. The Labute approximate surface area is 97.0 Å². The minimum absolute atomic E-state index is 0.441. The van der Waals surface area contributed by atoms with Crippen LogP contribution in [0, 0.1) is 0 Å². The Morgan fingerprint density at radius 2 is 2.00 bits per heavy atom. The van der Waals surface area contributed by atoms with Gasteiger partial charge in [0.15, 0.2) is 0 Å². The molecule has 86 valence electrons. The van der Waals surface area contributed by atoms with E-state index in [4.69, 9.17) is 4.74 Å². The molecule has 0 aromatic carbocycles. The molecule has 1 heterocycles. The van der Waals surface area contributed by atoms with Crippen LogP contribution in [0.3, 0.4) is 0 Å². The summed E-state index contributed by atoms with van der Waals surface area (Å²) in [7, 11) is 0. The molecule has 2 fully saturated rings. The van der Waals surface area contributed by atoms with Crippen LogP contribution in [0.4, 0.5) is 0 Å². The lowest BCUT2D eigenvalue weighted by Crippen LogP contribution is -2.04. The molecule has 0 atom stereocenters. The second-order valence-electron chi connectivity index (χ2n) is 5.41. The Kier molecular flexibility index (Phi) is 2.38. The topological polar surface area (TPSA) is 22.1 Å². The van der Waals surface area contributed by atoms with Crippen LogP contribution in [0.15, 0.2) is 12.3 Å². The Bertz CT molecular complexity index is 392. The summed E-state index contributed by atoms with van der Waals surface area (Å²) in [4.78, 5) is 4.52. The number of pyridine rings is 1. The zero-order chi connectivity index (χ0) is 11.1. The molecule has 0 aliphatic heterocycles. The molecule has 0 bridgehead atoms. The maximum absolute atomic E-state index is 5.86. The summed E-state index contributed by atoms with van der Waals surface area (Å²) in [5, 5.41) is 0. The van der Waals surface area contributed by atoms with Crippen LogP contribution in [0.5, 0.6) is 5.88 Å². The third-order valence-electron chi connectivity index (χ3n) is 3.37. The lowest BCUT2D eigenvalue weighted by molar-refractivity contribution is 0.286. The molecule has 1 aromatic heterocycles. The van der Waals surface area contributed by atoms with Crippen LogP contribution in [-0.4, -0.2) is 11.1 Å². The van der Waals surface area contributed by atoms with Gasteiger partial charge in [-0.25, -0.2) is 4.98 Å². The van der Waals surface area contributed by atoms with Crippen molar-refractivity contribution in [2.75, 3.05) is 0 Å². The highest BCUT2D eigenvalue weighted by Gasteiger charge is 2.28. The van der Waals surface area contributed by atoms with Crippen LogP contribution < -0.4 is 4.74 Å². The first kappa shape index (κ1) is 10.1. The maximum atomic E-state index is 5.86. The van der Waals surface area contributed by atoms with Gasteiger partial charge in [0, 0.05) is 11.8 Å². The standard InChI is InChI=1S/C14H19NO/c1-9(2)13-7-11(10-3-4-10)8-15-14(13)16-12-5-6-12/h7-10,12H,3-6H2,1-2H3. The van der Waals surface area contributed by atoms with E-state index in [1.807, 2.05) is 6.20 Å². The molecule has 1 aromatic rings. The predicted octanol–water partition coefficient (Wildman–Crippen LogP) is 3.62. The number of hydrogen-bond acceptors (Lipinski definition) is 2. The molecule has 2 nitrogen and oxygen atoms in total. The molecule has 0 spiro atoms. The van der Waals surface area contributed by atoms with Gasteiger partial charge in [0.1, 0.15) is 6.10 Å². The van der Waals surface area contributed by atoms with Gasteiger partial charge in [-0.1, -0.05) is 13.8 Å². The van der Waals surface area contributed by atoms with Crippen molar-refractivity contribution in [3.63, 3.8) is 0 Å². The first-order valence-corrected chi connectivity index (χ1v) is 6.40. The van der Waals surface area contributed by atoms with Crippen molar-refractivity contribution in [3.8, 4) is 5.88 Å². The lowest BCUT2D eigenvalue weighted by atomic mass is 10.0. The summed E-state index contributed by atoms with van der Waals surface area (Å²) in [5.74, 6) is 2.15. The van der Waals surface area contributed by atoms with Crippen molar-refractivity contribution in [1.29, 1.82) is 0 Å². The minimum Gasteiger partial charge on any atom is -0.474 e. The number of nitrogens with zero attached hydrogens (tertiary/aromatic N) is 1. The maximum Gasteiger partial charge on any atom is 0.217 e. The molecular weight excluding hydrogens is 198 g/mol. The van der Waals surface area contributed by atoms with Gasteiger partial charge in [0.25, 0.3) is 0 Å². The molecule has 0 radical (unpaired) electrons. The second-order valence-corrected chi connectivity index (χ2v) is 5.41. The highest BCUT2D eigenvalue weighted by Crippen LogP contribution is 2.42. The molecule has 0 N–H and O–H groups in total. The molecule has 0 amide bonds. The van der Waals surface area contributed by atoms with Gasteiger partial charge in [-0.3, -0.25) is 0 Å². The third-order valence-corrected chi connectivity index (χ3v) is 3.37. The molecule has 0 saturated heterocycles. The summed E-state index contributed by atoms with van der Waals surface area (Å²) >= 11 is 0. The largest absolute Gasteiger partial charge is 0.474 e. The number of hydrogen-bond donors (Lipinski definition) is 0. The molecule has 2 aliphatic carbocycles. The van der Waals surface area contributed by atoms with Crippen molar-refractivity contribution in [3.05, 3.63) is 23.4 Å². The average molecular weight is 217 g/mol. The van der Waals surface area contributed by atoms with Gasteiger partial charge in [-0.15, -0.1) is 0 Å². The highest BCUT2D eigenvalue weighted by molar-refractivity contribution is 5.35. The minimum atomic E-state index is 0.441. The Morgan fingerprint density at radius 3 is 2.56 bits per heavy atom. The van der Waals surface area contributed by atoms with Crippen LogP contribution >= 0.6 is 0 Å². The quantitative estimate of drug-likeness (QED) is 0.768. The van der Waals surface area contributed by atoms with E-state index in [-0.39, 0.29) is 0 Å². The van der Waals surface area contributed by atoms with E-state index in [1.165, 1.54) is 36.8 Å². The van der Waals surface area contributed by atoms with Gasteiger partial charge < -0.3 is 4.74 Å². The SMILES string of the molecule is CC(C)c1cc(C2CC2)cnc1OC1CC1. The molecule has 2 aliphatic rings. The Balaban J connectivity index is 1.89. The third kappa shape index (κ3) is 2.06. The van der Waals surface area contributed by atoms with E-state index in [2.05, 4.69) is 24.9 Å². The van der Waals surface area contributed by atoms with E-state index in [9.17, 15) is 0 Å². The zero-order valence-corrected chi connectivity index (χ0v) is 10.1. The van der Waals surface area contributed by atoms with Crippen molar-refractivity contribution in [1.82, 2.24) is 4.98 Å². The van der Waals surface area contributed by atoms with E-state index in [0.29, 0.717) is 12.0 Å². The van der Waals surface area contributed by atoms with Gasteiger partial charge in [-0.05, 0) is 49.1 Å². The van der Waals surface area contributed by atoms with Gasteiger partial charge in [0.2, 0.25) is 5.88 Å².